The quantitative estimate of drug-likeness (QED) is 0.661. The van der Waals surface area contributed by atoms with E-state index in [9.17, 15) is 19.7 Å². The molecule has 0 unspecified atom stereocenters. The zero-order chi connectivity index (χ0) is 18.3. The van der Waals surface area contributed by atoms with Crippen molar-refractivity contribution in [1.82, 2.24) is 5.32 Å². The first-order valence-corrected chi connectivity index (χ1v) is 9.24. The van der Waals surface area contributed by atoms with Crippen LogP contribution >= 0.6 is 11.3 Å². The summed E-state index contributed by atoms with van der Waals surface area (Å²) in [7, 11) is 0. The number of nitro groups is 1. The number of thiophene rings is 1. The molecular formula is C19H16N2O4S. The summed E-state index contributed by atoms with van der Waals surface area (Å²) in [6.07, 6.45) is 1.15. The number of benzene rings is 1. The van der Waals surface area contributed by atoms with Crippen LogP contribution in [0.3, 0.4) is 0 Å². The van der Waals surface area contributed by atoms with Crippen molar-refractivity contribution < 1.29 is 14.5 Å². The van der Waals surface area contributed by atoms with Crippen molar-refractivity contribution in [2.45, 2.75) is 31.1 Å². The SMILES string of the molecule is O=C1C[C@H](c2cccc([N+](=O)[O-])c2)C2=C(C[C@H](c3cccs3)CC2=O)N1. The van der Waals surface area contributed by atoms with Crippen molar-refractivity contribution in [3.05, 3.63) is 73.6 Å². The van der Waals surface area contributed by atoms with E-state index in [2.05, 4.69) is 5.32 Å². The second-order valence-electron chi connectivity index (χ2n) is 6.59. The first-order valence-electron chi connectivity index (χ1n) is 8.36. The molecule has 7 heteroatoms. The van der Waals surface area contributed by atoms with Crippen molar-refractivity contribution in [2.75, 3.05) is 0 Å². The van der Waals surface area contributed by atoms with Crippen molar-refractivity contribution in [1.29, 1.82) is 0 Å². The maximum Gasteiger partial charge on any atom is 0.269 e. The number of allylic oxidation sites excluding steroid dienone is 2. The normalized spacial score (nSPS) is 22.8. The van der Waals surface area contributed by atoms with Crippen molar-refractivity contribution in [2.24, 2.45) is 0 Å². The highest BCUT2D eigenvalue weighted by molar-refractivity contribution is 7.10. The van der Waals surface area contributed by atoms with E-state index in [1.165, 1.54) is 12.1 Å². The van der Waals surface area contributed by atoms with Gasteiger partial charge in [0, 0.05) is 53.0 Å². The number of hydrogen-bond acceptors (Lipinski definition) is 5. The number of carbonyl (C=O) groups is 2. The van der Waals surface area contributed by atoms with Gasteiger partial charge in [-0.15, -0.1) is 11.3 Å². The number of rotatable bonds is 3. The molecule has 1 amide bonds. The lowest BCUT2D eigenvalue weighted by Crippen LogP contribution is -2.38. The Kier molecular flexibility index (Phi) is 4.16. The molecule has 0 spiro atoms. The molecule has 6 nitrogen and oxygen atoms in total. The number of hydrogen-bond donors (Lipinski definition) is 1. The first kappa shape index (κ1) is 16.7. The zero-order valence-electron chi connectivity index (χ0n) is 13.8. The number of non-ortho nitro benzene ring substituents is 1. The summed E-state index contributed by atoms with van der Waals surface area (Å²) >= 11 is 1.61. The van der Waals surface area contributed by atoms with Crippen LogP contribution in [0.5, 0.6) is 0 Å². The molecule has 0 saturated carbocycles. The molecule has 0 fully saturated rings. The maximum absolute atomic E-state index is 12.9. The van der Waals surface area contributed by atoms with Gasteiger partial charge in [-0.05, 0) is 23.4 Å². The van der Waals surface area contributed by atoms with Crippen molar-refractivity contribution >= 4 is 28.7 Å². The van der Waals surface area contributed by atoms with Crippen LogP contribution in [0, 0.1) is 10.1 Å². The fourth-order valence-electron chi connectivity index (χ4n) is 3.82. The Balaban J connectivity index is 1.74. The Bertz CT molecular complexity index is 933. The summed E-state index contributed by atoms with van der Waals surface area (Å²) in [5.74, 6) is -0.484. The molecule has 2 aliphatic rings. The molecule has 2 aromatic rings. The summed E-state index contributed by atoms with van der Waals surface area (Å²) < 4.78 is 0. The lowest BCUT2D eigenvalue weighted by atomic mass is 9.74. The van der Waals surface area contributed by atoms with Crippen LogP contribution in [0.2, 0.25) is 0 Å². The smallest absolute Gasteiger partial charge is 0.269 e. The molecule has 1 aromatic carbocycles. The zero-order valence-corrected chi connectivity index (χ0v) is 14.6. The van der Waals surface area contributed by atoms with Crippen molar-refractivity contribution in [3.8, 4) is 0 Å². The molecule has 0 saturated heterocycles. The molecule has 1 aromatic heterocycles. The van der Waals surface area contributed by atoms with Crippen LogP contribution in [0.25, 0.3) is 0 Å². The summed E-state index contributed by atoms with van der Waals surface area (Å²) in [6, 6.07) is 10.2. The lowest BCUT2D eigenvalue weighted by molar-refractivity contribution is -0.384. The molecule has 1 aliphatic heterocycles. The Morgan fingerprint density at radius 2 is 1.96 bits per heavy atom. The number of amides is 1. The van der Waals surface area contributed by atoms with E-state index in [0.717, 1.165) is 4.88 Å². The first-order chi connectivity index (χ1) is 12.5. The summed E-state index contributed by atoms with van der Waals surface area (Å²) in [6.45, 7) is 0. The number of nitro benzene ring substituents is 1. The minimum absolute atomic E-state index is 0.0150. The van der Waals surface area contributed by atoms with Gasteiger partial charge >= 0.3 is 0 Å². The second-order valence-corrected chi connectivity index (χ2v) is 7.57. The van der Waals surface area contributed by atoms with Gasteiger partial charge in [-0.2, -0.15) is 0 Å². The Hall–Kier alpha value is -2.80. The molecule has 4 rings (SSSR count). The molecule has 1 N–H and O–H groups in total. The number of nitrogens with zero attached hydrogens (tertiary/aromatic N) is 1. The standard InChI is InChI=1S/C19H16N2O4S/c22-16-9-12(17-5-2-6-26-17)8-15-19(16)14(10-18(23)20-15)11-3-1-4-13(7-11)21(24)25/h1-7,12,14H,8-10H2,(H,20,23)/t12-,14+/m0/s1. The summed E-state index contributed by atoms with van der Waals surface area (Å²) in [5.41, 5.74) is 1.89. The van der Waals surface area contributed by atoms with Gasteiger partial charge < -0.3 is 5.32 Å². The van der Waals surface area contributed by atoms with E-state index in [4.69, 9.17) is 0 Å². The van der Waals surface area contributed by atoms with Gasteiger partial charge in [0.25, 0.3) is 5.69 Å². The van der Waals surface area contributed by atoms with E-state index < -0.39 is 10.8 Å². The molecule has 0 radical (unpaired) electrons. The molecule has 0 bridgehead atoms. The lowest BCUT2D eigenvalue weighted by Gasteiger charge is -2.34. The number of ketones is 1. The van der Waals surface area contributed by atoms with E-state index >= 15 is 0 Å². The molecule has 1 aliphatic carbocycles. The minimum Gasteiger partial charge on any atom is -0.329 e. The third-order valence-corrected chi connectivity index (χ3v) is 6.00. The molecular weight excluding hydrogens is 352 g/mol. The van der Waals surface area contributed by atoms with Crippen LogP contribution in [0.15, 0.2) is 53.0 Å². The number of nitrogens with one attached hydrogen (secondary N) is 1. The van der Waals surface area contributed by atoms with Crippen LogP contribution in [0.1, 0.15) is 41.5 Å². The van der Waals surface area contributed by atoms with Crippen LogP contribution in [0.4, 0.5) is 5.69 Å². The van der Waals surface area contributed by atoms with Crippen LogP contribution in [-0.4, -0.2) is 16.6 Å². The predicted octanol–water partition coefficient (Wildman–Crippen LogP) is 3.66. The van der Waals surface area contributed by atoms with Gasteiger partial charge in [0.05, 0.1) is 4.92 Å². The van der Waals surface area contributed by atoms with Gasteiger partial charge in [-0.25, -0.2) is 0 Å². The maximum atomic E-state index is 12.9. The number of Topliss-reactive ketones (excluding diaryl/α,β-unsaturated/α-hetero) is 1. The Labute approximate surface area is 153 Å². The average Bonchev–Trinajstić information content (AvgIpc) is 3.15. The summed E-state index contributed by atoms with van der Waals surface area (Å²) in [5, 5.41) is 15.9. The average molecular weight is 368 g/mol. The largest absolute Gasteiger partial charge is 0.329 e. The van der Waals surface area contributed by atoms with Crippen LogP contribution < -0.4 is 5.32 Å². The Morgan fingerprint density at radius 3 is 2.69 bits per heavy atom. The third kappa shape index (κ3) is 2.94. The van der Waals surface area contributed by atoms with E-state index in [1.54, 1.807) is 23.5 Å². The summed E-state index contributed by atoms with van der Waals surface area (Å²) in [4.78, 5) is 36.9. The molecule has 2 atom stereocenters. The van der Waals surface area contributed by atoms with Crippen LogP contribution in [-0.2, 0) is 9.59 Å². The van der Waals surface area contributed by atoms with Gasteiger partial charge in [0.2, 0.25) is 5.91 Å². The third-order valence-electron chi connectivity index (χ3n) is 4.97. The predicted molar refractivity (Wildman–Crippen MR) is 96.9 cm³/mol. The van der Waals surface area contributed by atoms with Gasteiger partial charge in [0.15, 0.2) is 5.78 Å². The van der Waals surface area contributed by atoms with E-state index in [0.29, 0.717) is 29.7 Å². The molecule has 26 heavy (non-hydrogen) atoms. The highest BCUT2D eigenvalue weighted by atomic mass is 32.1. The van der Waals surface area contributed by atoms with Gasteiger partial charge in [0.1, 0.15) is 0 Å². The highest BCUT2D eigenvalue weighted by Gasteiger charge is 2.38. The van der Waals surface area contributed by atoms with Gasteiger partial charge in [-0.3, -0.25) is 19.7 Å². The topological polar surface area (TPSA) is 89.3 Å². The molecule has 132 valence electrons. The van der Waals surface area contributed by atoms with E-state index in [1.807, 2.05) is 17.5 Å². The molecule has 2 heterocycles. The fraction of sp³-hybridized carbons (Fsp3) is 0.263. The number of carbonyl (C=O) groups excluding carboxylic acids is 2. The van der Waals surface area contributed by atoms with Crippen molar-refractivity contribution in [3.63, 3.8) is 0 Å². The van der Waals surface area contributed by atoms with E-state index in [-0.39, 0.29) is 29.7 Å². The highest BCUT2D eigenvalue weighted by Crippen LogP contribution is 2.43. The fourth-order valence-corrected chi connectivity index (χ4v) is 4.66. The minimum atomic E-state index is -0.461. The van der Waals surface area contributed by atoms with Gasteiger partial charge in [-0.1, -0.05) is 18.2 Å². The monoisotopic (exact) mass is 368 g/mol. The Morgan fingerprint density at radius 1 is 1.12 bits per heavy atom. The second kappa shape index (κ2) is 6.49.